The first-order valence-corrected chi connectivity index (χ1v) is 6.36. The van der Waals surface area contributed by atoms with Crippen molar-refractivity contribution in [1.29, 1.82) is 5.26 Å². The fraction of sp³-hybridized carbons (Fsp3) is 0.143. The molecule has 0 fully saturated rings. The van der Waals surface area contributed by atoms with E-state index < -0.39 is 0 Å². The van der Waals surface area contributed by atoms with E-state index in [4.69, 9.17) is 0 Å². The highest BCUT2D eigenvalue weighted by molar-refractivity contribution is 9.10. The van der Waals surface area contributed by atoms with Gasteiger partial charge in [0.25, 0.3) is 0 Å². The predicted octanol–water partition coefficient (Wildman–Crippen LogP) is 3.20. The molecule has 90 valence electrons. The van der Waals surface area contributed by atoms with E-state index in [1.165, 1.54) is 0 Å². The number of nitrogens with one attached hydrogen (secondary N) is 1. The Morgan fingerprint density at radius 1 is 1.28 bits per heavy atom. The van der Waals surface area contributed by atoms with Gasteiger partial charge >= 0.3 is 0 Å². The van der Waals surface area contributed by atoms with Crippen LogP contribution in [0.25, 0.3) is 0 Å². The number of rotatable bonds is 4. The summed E-state index contributed by atoms with van der Waals surface area (Å²) in [6.07, 6.45) is 3.41. The van der Waals surface area contributed by atoms with Crippen molar-refractivity contribution in [3.63, 3.8) is 0 Å². The molecule has 0 amide bonds. The van der Waals surface area contributed by atoms with E-state index in [-0.39, 0.29) is 6.04 Å². The lowest BCUT2D eigenvalue weighted by Gasteiger charge is -2.11. The minimum absolute atomic E-state index is 0.352. The Labute approximate surface area is 115 Å². The maximum absolute atomic E-state index is 9.19. The van der Waals surface area contributed by atoms with Crippen molar-refractivity contribution in [1.82, 2.24) is 10.3 Å². The Morgan fingerprint density at radius 3 is 2.72 bits per heavy atom. The molecule has 2 rings (SSSR count). The lowest BCUT2D eigenvalue weighted by Crippen LogP contribution is -2.19. The normalized spacial score (nSPS) is 11.8. The molecule has 0 spiro atoms. The molecule has 0 saturated carbocycles. The molecular formula is C14H12BrN3. The quantitative estimate of drug-likeness (QED) is 0.943. The maximum atomic E-state index is 9.19. The molecule has 4 heteroatoms. The van der Waals surface area contributed by atoms with E-state index in [2.05, 4.69) is 32.3 Å². The molecule has 1 aromatic heterocycles. The standard InChI is InChI=1S/C14H12BrN3/c15-13-6-12(9-17-10-13)14(7-16)18-8-11-4-2-1-3-5-11/h1-6,9-10,14,18H,8H2. The summed E-state index contributed by atoms with van der Waals surface area (Å²) < 4.78 is 0.877. The SMILES string of the molecule is N#CC(NCc1ccccc1)c1cncc(Br)c1. The average molecular weight is 302 g/mol. The number of halogens is 1. The first-order chi connectivity index (χ1) is 8.79. The van der Waals surface area contributed by atoms with E-state index in [1.54, 1.807) is 12.4 Å². The summed E-state index contributed by atoms with van der Waals surface area (Å²) in [5.74, 6) is 0. The van der Waals surface area contributed by atoms with Crippen molar-refractivity contribution in [3.8, 4) is 6.07 Å². The summed E-state index contributed by atoms with van der Waals surface area (Å²) in [4.78, 5) is 4.07. The van der Waals surface area contributed by atoms with Crippen molar-refractivity contribution in [2.24, 2.45) is 0 Å². The predicted molar refractivity (Wildman–Crippen MR) is 73.6 cm³/mol. The summed E-state index contributed by atoms with van der Waals surface area (Å²) in [5.41, 5.74) is 2.02. The Bertz CT molecular complexity index is 548. The van der Waals surface area contributed by atoms with Gasteiger partial charge in [0.2, 0.25) is 0 Å². The first kappa shape index (κ1) is 12.7. The molecule has 0 radical (unpaired) electrons. The van der Waals surface area contributed by atoms with E-state index in [1.807, 2.05) is 36.4 Å². The molecule has 1 N–H and O–H groups in total. The van der Waals surface area contributed by atoms with Gasteiger partial charge in [-0.05, 0) is 27.6 Å². The molecule has 0 aliphatic heterocycles. The highest BCUT2D eigenvalue weighted by Gasteiger charge is 2.10. The minimum Gasteiger partial charge on any atom is -0.294 e. The lowest BCUT2D eigenvalue weighted by atomic mass is 10.1. The third-order valence-corrected chi connectivity index (χ3v) is 2.98. The number of hydrogen-bond acceptors (Lipinski definition) is 3. The lowest BCUT2D eigenvalue weighted by molar-refractivity contribution is 0.628. The highest BCUT2D eigenvalue weighted by Crippen LogP contribution is 2.16. The van der Waals surface area contributed by atoms with Crippen LogP contribution in [0.15, 0.2) is 53.3 Å². The van der Waals surface area contributed by atoms with Crippen LogP contribution in [0.2, 0.25) is 0 Å². The zero-order valence-corrected chi connectivity index (χ0v) is 11.3. The van der Waals surface area contributed by atoms with Gasteiger partial charge in [0.05, 0.1) is 6.07 Å². The third kappa shape index (κ3) is 3.39. The monoisotopic (exact) mass is 301 g/mol. The Balaban J connectivity index is 2.05. The number of pyridine rings is 1. The van der Waals surface area contributed by atoms with Gasteiger partial charge in [-0.25, -0.2) is 0 Å². The molecule has 0 aliphatic carbocycles. The Hall–Kier alpha value is -1.70. The second-order valence-corrected chi connectivity index (χ2v) is 4.78. The summed E-state index contributed by atoms with van der Waals surface area (Å²) in [5, 5.41) is 12.4. The molecule has 0 saturated heterocycles. The molecular weight excluding hydrogens is 290 g/mol. The van der Waals surface area contributed by atoms with Crippen LogP contribution in [0, 0.1) is 11.3 Å². The summed E-state index contributed by atoms with van der Waals surface area (Å²) in [7, 11) is 0. The van der Waals surface area contributed by atoms with Crippen LogP contribution >= 0.6 is 15.9 Å². The maximum Gasteiger partial charge on any atom is 0.123 e. The van der Waals surface area contributed by atoms with Gasteiger partial charge in [0, 0.05) is 29.0 Å². The zero-order chi connectivity index (χ0) is 12.8. The van der Waals surface area contributed by atoms with Crippen molar-refractivity contribution in [3.05, 3.63) is 64.4 Å². The summed E-state index contributed by atoms with van der Waals surface area (Å²) in [6, 6.07) is 13.8. The average Bonchev–Trinajstić information content (AvgIpc) is 2.41. The van der Waals surface area contributed by atoms with E-state index in [0.29, 0.717) is 6.54 Å². The topological polar surface area (TPSA) is 48.7 Å². The van der Waals surface area contributed by atoms with Crippen molar-refractivity contribution < 1.29 is 0 Å². The number of nitriles is 1. The second-order valence-electron chi connectivity index (χ2n) is 3.87. The fourth-order valence-electron chi connectivity index (χ4n) is 1.64. The highest BCUT2D eigenvalue weighted by atomic mass is 79.9. The van der Waals surface area contributed by atoms with Crippen LogP contribution in [0.1, 0.15) is 17.2 Å². The van der Waals surface area contributed by atoms with Crippen LogP contribution in [0.3, 0.4) is 0 Å². The molecule has 1 atom stereocenters. The van der Waals surface area contributed by atoms with Gasteiger partial charge in [0.1, 0.15) is 6.04 Å². The minimum atomic E-state index is -0.352. The van der Waals surface area contributed by atoms with Gasteiger partial charge in [-0.2, -0.15) is 5.26 Å². The second kappa shape index (κ2) is 6.29. The summed E-state index contributed by atoms with van der Waals surface area (Å²) in [6.45, 7) is 0.658. The molecule has 0 aliphatic rings. The number of aromatic nitrogens is 1. The van der Waals surface area contributed by atoms with Crippen LogP contribution in [-0.2, 0) is 6.54 Å². The van der Waals surface area contributed by atoms with Gasteiger partial charge in [0.15, 0.2) is 0 Å². The molecule has 2 aromatic rings. The van der Waals surface area contributed by atoms with Crippen LogP contribution < -0.4 is 5.32 Å². The largest absolute Gasteiger partial charge is 0.294 e. The third-order valence-electron chi connectivity index (χ3n) is 2.54. The molecule has 1 unspecified atom stereocenters. The smallest absolute Gasteiger partial charge is 0.123 e. The van der Waals surface area contributed by atoms with Gasteiger partial charge < -0.3 is 0 Å². The van der Waals surface area contributed by atoms with Gasteiger partial charge in [-0.3, -0.25) is 10.3 Å². The zero-order valence-electron chi connectivity index (χ0n) is 9.68. The number of benzene rings is 1. The van der Waals surface area contributed by atoms with Gasteiger partial charge in [-0.15, -0.1) is 0 Å². The molecule has 0 bridgehead atoms. The van der Waals surface area contributed by atoms with Gasteiger partial charge in [-0.1, -0.05) is 30.3 Å². The van der Waals surface area contributed by atoms with Crippen molar-refractivity contribution in [2.45, 2.75) is 12.6 Å². The summed E-state index contributed by atoms with van der Waals surface area (Å²) >= 11 is 3.36. The van der Waals surface area contributed by atoms with E-state index in [0.717, 1.165) is 15.6 Å². The van der Waals surface area contributed by atoms with Crippen molar-refractivity contribution >= 4 is 15.9 Å². The Morgan fingerprint density at radius 2 is 2.06 bits per heavy atom. The number of hydrogen-bond donors (Lipinski definition) is 1. The Kier molecular flexibility index (Phi) is 4.46. The van der Waals surface area contributed by atoms with Crippen LogP contribution in [0.5, 0.6) is 0 Å². The van der Waals surface area contributed by atoms with E-state index in [9.17, 15) is 5.26 Å². The van der Waals surface area contributed by atoms with Crippen molar-refractivity contribution in [2.75, 3.05) is 0 Å². The molecule has 18 heavy (non-hydrogen) atoms. The van der Waals surface area contributed by atoms with Crippen LogP contribution in [-0.4, -0.2) is 4.98 Å². The molecule has 1 aromatic carbocycles. The molecule has 3 nitrogen and oxygen atoms in total. The molecule has 1 heterocycles. The van der Waals surface area contributed by atoms with E-state index >= 15 is 0 Å². The first-order valence-electron chi connectivity index (χ1n) is 5.57. The van der Waals surface area contributed by atoms with Crippen LogP contribution in [0.4, 0.5) is 0 Å². The number of nitrogens with zero attached hydrogens (tertiary/aromatic N) is 2. The fourth-order valence-corrected chi connectivity index (χ4v) is 2.02.